The lowest BCUT2D eigenvalue weighted by Gasteiger charge is -2.44. The molecule has 1 aliphatic heterocycles. The van der Waals surface area contributed by atoms with Crippen molar-refractivity contribution in [1.29, 1.82) is 0 Å². The molecule has 2 rings (SSSR count). The van der Waals surface area contributed by atoms with Crippen LogP contribution in [-0.2, 0) is 11.3 Å². The van der Waals surface area contributed by atoms with Gasteiger partial charge >= 0.3 is 0 Å². The number of benzene rings is 1. The molecule has 1 aromatic rings. The van der Waals surface area contributed by atoms with Crippen LogP contribution in [0.15, 0.2) is 18.2 Å². The lowest BCUT2D eigenvalue weighted by molar-refractivity contribution is -0.137. The number of aliphatic hydroxyl groups is 1. The first-order valence-electron chi connectivity index (χ1n) is 7.85. The van der Waals surface area contributed by atoms with Crippen molar-refractivity contribution < 1.29 is 9.84 Å². The second-order valence-corrected chi connectivity index (χ2v) is 6.44. The molecule has 112 valence electrons. The third kappa shape index (κ3) is 2.77. The minimum atomic E-state index is 0.0862. The van der Waals surface area contributed by atoms with E-state index in [-0.39, 0.29) is 12.7 Å². The molecule has 1 heterocycles. The quantitative estimate of drug-likeness (QED) is 0.894. The Morgan fingerprint density at radius 1 is 1.10 bits per heavy atom. The van der Waals surface area contributed by atoms with Crippen LogP contribution in [0.1, 0.15) is 56.9 Å². The van der Waals surface area contributed by atoms with Gasteiger partial charge in [0, 0.05) is 0 Å². The Bertz CT molecular complexity index is 453. The highest BCUT2D eigenvalue weighted by Gasteiger charge is 2.39. The number of rotatable bonds is 3. The standard InChI is InChI=1S/C18H28O2/c1-6-17-13(4)12(3)14(5)18(20-17)16-9-11(2)7-8-15(16)10-19/h7-9,12-14,17-19H,6,10H2,1-5H3/t12-,13-,14?,17?,18+/m0/s1. The number of hydrogen-bond donors (Lipinski definition) is 1. The van der Waals surface area contributed by atoms with Crippen LogP contribution >= 0.6 is 0 Å². The summed E-state index contributed by atoms with van der Waals surface area (Å²) >= 11 is 0. The van der Waals surface area contributed by atoms with Crippen LogP contribution in [0.25, 0.3) is 0 Å². The number of aliphatic hydroxyl groups excluding tert-OH is 1. The smallest absolute Gasteiger partial charge is 0.0860 e. The number of aryl methyl sites for hydroxylation is 1. The molecule has 0 saturated carbocycles. The van der Waals surface area contributed by atoms with Crippen LogP contribution in [0.3, 0.4) is 0 Å². The SMILES string of the molecule is CCC1O[C@@H](c2cc(C)ccc2CO)C(C)[C@@H](C)[C@@H]1C. The summed E-state index contributed by atoms with van der Waals surface area (Å²) in [6, 6.07) is 6.28. The first-order chi connectivity index (χ1) is 9.49. The Kier molecular flexibility index (Phi) is 4.87. The van der Waals surface area contributed by atoms with Gasteiger partial charge in [0.15, 0.2) is 0 Å². The van der Waals surface area contributed by atoms with E-state index in [9.17, 15) is 5.11 Å². The molecule has 2 nitrogen and oxygen atoms in total. The van der Waals surface area contributed by atoms with Gasteiger partial charge in [0.1, 0.15) is 0 Å². The maximum absolute atomic E-state index is 9.61. The Balaban J connectivity index is 2.38. The van der Waals surface area contributed by atoms with E-state index in [0.717, 1.165) is 12.0 Å². The molecule has 1 aromatic carbocycles. The van der Waals surface area contributed by atoms with E-state index >= 15 is 0 Å². The van der Waals surface area contributed by atoms with Gasteiger partial charge in [-0.25, -0.2) is 0 Å². The highest BCUT2D eigenvalue weighted by atomic mass is 16.5. The summed E-state index contributed by atoms with van der Waals surface area (Å²) in [5, 5.41) is 9.61. The third-order valence-corrected chi connectivity index (χ3v) is 5.22. The molecule has 0 amide bonds. The van der Waals surface area contributed by atoms with Gasteiger partial charge in [-0.1, -0.05) is 51.5 Å². The van der Waals surface area contributed by atoms with Crippen LogP contribution in [0, 0.1) is 24.7 Å². The molecule has 0 radical (unpaired) electrons. The molecule has 0 bridgehead atoms. The Morgan fingerprint density at radius 2 is 1.80 bits per heavy atom. The Labute approximate surface area is 123 Å². The predicted octanol–water partition coefficient (Wildman–Crippen LogP) is 4.25. The molecule has 5 atom stereocenters. The predicted molar refractivity (Wildman–Crippen MR) is 82.5 cm³/mol. The van der Waals surface area contributed by atoms with E-state index < -0.39 is 0 Å². The molecule has 0 spiro atoms. The molecule has 1 saturated heterocycles. The van der Waals surface area contributed by atoms with E-state index in [0.29, 0.717) is 23.9 Å². The second-order valence-electron chi connectivity index (χ2n) is 6.44. The maximum atomic E-state index is 9.61. The van der Waals surface area contributed by atoms with Gasteiger partial charge in [0.25, 0.3) is 0 Å². The normalized spacial score (nSPS) is 34.2. The average molecular weight is 276 g/mol. The second kappa shape index (κ2) is 6.28. The lowest BCUT2D eigenvalue weighted by atomic mass is 9.73. The molecular weight excluding hydrogens is 248 g/mol. The molecule has 1 fully saturated rings. The van der Waals surface area contributed by atoms with Crippen molar-refractivity contribution in [3.63, 3.8) is 0 Å². The van der Waals surface area contributed by atoms with Crippen LogP contribution in [0.2, 0.25) is 0 Å². The van der Waals surface area contributed by atoms with E-state index in [1.54, 1.807) is 0 Å². The van der Waals surface area contributed by atoms with E-state index in [1.807, 2.05) is 6.07 Å². The first-order valence-corrected chi connectivity index (χ1v) is 7.85. The Morgan fingerprint density at radius 3 is 2.40 bits per heavy atom. The lowest BCUT2D eigenvalue weighted by Crippen LogP contribution is -2.40. The van der Waals surface area contributed by atoms with Gasteiger partial charge in [-0.15, -0.1) is 0 Å². The summed E-state index contributed by atoms with van der Waals surface area (Å²) in [5.41, 5.74) is 3.41. The summed E-state index contributed by atoms with van der Waals surface area (Å²) in [6.45, 7) is 11.3. The van der Waals surface area contributed by atoms with Crippen LogP contribution in [-0.4, -0.2) is 11.2 Å². The number of hydrogen-bond acceptors (Lipinski definition) is 2. The largest absolute Gasteiger partial charge is 0.392 e. The van der Waals surface area contributed by atoms with Crippen molar-refractivity contribution in [2.24, 2.45) is 17.8 Å². The van der Waals surface area contributed by atoms with Gasteiger partial charge in [-0.3, -0.25) is 0 Å². The minimum Gasteiger partial charge on any atom is -0.392 e. The van der Waals surface area contributed by atoms with Crippen molar-refractivity contribution in [2.75, 3.05) is 0 Å². The molecule has 1 N–H and O–H groups in total. The van der Waals surface area contributed by atoms with E-state index in [1.165, 1.54) is 11.1 Å². The van der Waals surface area contributed by atoms with Crippen molar-refractivity contribution in [2.45, 2.75) is 59.9 Å². The fraction of sp³-hybridized carbons (Fsp3) is 0.667. The fourth-order valence-electron chi connectivity index (χ4n) is 3.48. The summed E-state index contributed by atoms with van der Waals surface area (Å²) in [6.07, 6.45) is 1.47. The highest BCUT2D eigenvalue weighted by Crippen LogP contribution is 2.44. The van der Waals surface area contributed by atoms with Gasteiger partial charge in [-0.2, -0.15) is 0 Å². The van der Waals surface area contributed by atoms with Gasteiger partial charge in [-0.05, 0) is 42.2 Å². The van der Waals surface area contributed by atoms with E-state index in [4.69, 9.17) is 4.74 Å². The average Bonchev–Trinajstić information content (AvgIpc) is 2.45. The van der Waals surface area contributed by atoms with Gasteiger partial charge < -0.3 is 9.84 Å². The maximum Gasteiger partial charge on any atom is 0.0860 e. The third-order valence-electron chi connectivity index (χ3n) is 5.22. The number of ether oxygens (including phenoxy) is 1. The summed E-state index contributed by atoms with van der Waals surface area (Å²) in [5.74, 6) is 1.69. The summed E-state index contributed by atoms with van der Waals surface area (Å²) in [7, 11) is 0. The summed E-state index contributed by atoms with van der Waals surface area (Å²) in [4.78, 5) is 0. The molecule has 20 heavy (non-hydrogen) atoms. The topological polar surface area (TPSA) is 29.5 Å². The molecule has 0 aliphatic carbocycles. The zero-order chi connectivity index (χ0) is 14.9. The highest BCUT2D eigenvalue weighted by molar-refractivity contribution is 5.33. The van der Waals surface area contributed by atoms with Crippen molar-refractivity contribution in [3.05, 3.63) is 34.9 Å². The van der Waals surface area contributed by atoms with Crippen molar-refractivity contribution in [1.82, 2.24) is 0 Å². The van der Waals surface area contributed by atoms with Gasteiger partial charge in [0.05, 0.1) is 18.8 Å². The monoisotopic (exact) mass is 276 g/mol. The molecule has 2 heteroatoms. The molecule has 0 aromatic heterocycles. The Hall–Kier alpha value is -0.860. The van der Waals surface area contributed by atoms with Crippen molar-refractivity contribution in [3.8, 4) is 0 Å². The van der Waals surface area contributed by atoms with Crippen LogP contribution in [0.5, 0.6) is 0 Å². The van der Waals surface area contributed by atoms with E-state index in [2.05, 4.69) is 46.8 Å². The van der Waals surface area contributed by atoms with Crippen LogP contribution < -0.4 is 0 Å². The fourth-order valence-corrected chi connectivity index (χ4v) is 3.48. The molecule has 2 unspecified atom stereocenters. The van der Waals surface area contributed by atoms with Crippen molar-refractivity contribution >= 4 is 0 Å². The zero-order valence-electron chi connectivity index (χ0n) is 13.4. The minimum absolute atomic E-state index is 0.0862. The van der Waals surface area contributed by atoms with Gasteiger partial charge in [0.2, 0.25) is 0 Å². The zero-order valence-corrected chi connectivity index (χ0v) is 13.4. The van der Waals surface area contributed by atoms with Crippen LogP contribution in [0.4, 0.5) is 0 Å². The molecular formula is C18H28O2. The molecule has 1 aliphatic rings. The first kappa shape index (κ1) is 15.5. The summed E-state index contributed by atoms with van der Waals surface area (Å²) < 4.78 is 6.40.